The number of rotatable bonds is 8. The van der Waals surface area contributed by atoms with Gasteiger partial charge in [0.25, 0.3) is 0 Å². The molecule has 106 valence electrons. The maximum Gasteiger partial charge on any atom is 0.324 e. The first-order valence-corrected chi connectivity index (χ1v) is 6.37. The van der Waals surface area contributed by atoms with E-state index in [2.05, 4.69) is 5.32 Å². The number of hydrogen-bond donors (Lipinski definition) is 2. The van der Waals surface area contributed by atoms with Gasteiger partial charge in [-0.2, -0.15) is 0 Å². The van der Waals surface area contributed by atoms with Crippen LogP contribution in [0.4, 0.5) is 0 Å². The van der Waals surface area contributed by atoms with Crippen LogP contribution in [-0.4, -0.2) is 36.4 Å². The van der Waals surface area contributed by atoms with E-state index >= 15 is 0 Å². The Morgan fingerprint density at radius 2 is 1.74 bits per heavy atom. The van der Waals surface area contributed by atoms with Crippen molar-refractivity contribution in [1.29, 1.82) is 0 Å². The van der Waals surface area contributed by atoms with Gasteiger partial charge >= 0.3 is 5.97 Å². The van der Waals surface area contributed by atoms with Crippen molar-refractivity contribution < 1.29 is 19.4 Å². The predicted octanol–water partition coefficient (Wildman–Crippen LogP) is 1.92. The molecule has 19 heavy (non-hydrogen) atoms. The van der Waals surface area contributed by atoms with E-state index in [0.717, 1.165) is 5.75 Å². The Kier molecular flexibility index (Phi) is 6.15. The maximum absolute atomic E-state index is 11.0. The van der Waals surface area contributed by atoms with Gasteiger partial charge in [0.2, 0.25) is 0 Å². The monoisotopic (exact) mass is 267 g/mol. The van der Waals surface area contributed by atoms with Crippen LogP contribution >= 0.6 is 0 Å². The van der Waals surface area contributed by atoms with Gasteiger partial charge in [-0.15, -0.1) is 0 Å². The Hall–Kier alpha value is -1.75. The smallest absolute Gasteiger partial charge is 0.324 e. The highest BCUT2D eigenvalue weighted by Gasteiger charge is 2.18. The quantitative estimate of drug-likeness (QED) is 0.753. The first kappa shape index (κ1) is 15.3. The van der Waals surface area contributed by atoms with E-state index in [1.807, 2.05) is 20.8 Å². The topological polar surface area (TPSA) is 67.8 Å². The molecule has 0 radical (unpaired) electrons. The van der Waals surface area contributed by atoms with Crippen LogP contribution < -0.4 is 14.8 Å². The SMILES string of the molecule is CCOc1ccc(OCC(NC(C)C)C(=O)O)cc1. The van der Waals surface area contributed by atoms with Gasteiger partial charge in [-0.25, -0.2) is 0 Å². The number of carbonyl (C=O) groups is 1. The van der Waals surface area contributed by atoms with Crippen LogP contribution in [0.5, 0.6) is 11.5 Å². The highest BCUT2D eigenvalue weighted by atomic mass is 16.5. The molecule has 5 nitrogen and oxygen atoms in total. The Labute approximate surface area is 113 Å². The molecule has 0 spiro atoms. The van der Waals surface area contributed by atoms with Crippen molar-refractivity contribution in [2.45, 2.75) is 32.9 Å². The van der Waals surface area contributed by atoms with E-state index in [4.69, 9.17) is 14.6 Å². The zero-order valence-electron chi connectivity index (χ0n) is 11.6. The third-order valence-corrected chi connectivity index (χ3v) is 2.38. The molecule has 0 saturated carbocycles. The molecule has 0 bridgehead atoms. The van der Waals surface area contributed by atoms with Crippen molar-refractivity contribution in [2.24, 2.45) is 0 Å². The minimum absolute atomic E-state index is 0.0848. The molecule has 0 aromatic heterocycles. The van der Waals surface area contributed by atoms with Crippen molar-refractivity contribution in [3.63, 3.8) is 0 Å². The number of hydrogen-bond acceptors (Lipinski definition) is 4. The standard InChI is InChI=1S/C14H21NO4/c1-4-18-11-5-7-12(8-6-11)19-9-13(14(16)17)15-10(2)3/h5-8,10,13,15H,4,9H2,1-3H3,(H,16,17). The summed E-state index contributed by atoms with van der Waals surface area (Å²) in [5, 5.41) is 12.0. The van der Waals surface area contributed by atoms with Crippen molar-refractivity contribution in [3.05, 3.63) is 24.3 Å². The van der Waals surface area contributed by atoms with Crippen LogP contribution in [0.2, 0.25) is 0 Å². The van der Waals surface area contributed by atoms with E-state index in [1.165, 1.54) is 0 Å². The fraction of sp³-hybridized carbons (Fsp3) is 0.500. The van der Waals surface area contributed by atoms with E-state index in [9.17, 15) is 4.79 Å². The van der Waals surface area contributed by atoms with Crippen molar-refractivity contribution in [3.8, 4) is 11.5 Å². The number of nitrogens with one attached hydrogen (secondary N) is 1. The van der Waals surface area contributed by atoms with Crippen molar-refractivity contribution in [2.75, 3.05) is 13.2 Å². The maximum atomic E-state index is 11.0. The van der Waals surface area contributed by atoms with Gasteiger partial charge in [0.15, 0.2) is 0 Å². The first-order chi connectivity index (χ1) is 9.02. The molecule has 1 atom stereocenters. The highest BCUT2D eigenvalue weighted by Crippen LogP contribution is 2.17. The molecular weight excluding hydrogens is 246 g/mol. The van der Waals surface area contributed by atoms with Crippen LogP contribution in [0.1, 0.15) is 20.8 Å². The average Bonchev–Trinajstić information content (AvgIpc) is 2.36. The fourth-order valence-electron chi connectivity index (χ4n) is 1.57. The number of aliphatic carboxylic acids is 1. The lowest BCUT2D eigenvalue weighted by Crippen LogP contribution is -2.44. The third-order valence-electron chi connectivity index (χ3n) is 2.38. The van der Waals surface area contributed by atoms with Gasteiger partial charge in [-0.3, -0.25) is 10.1 Å². The molecule has 1 unspecified atom stereocenters. The van der Waals surface area contributed by atoms with E-state index in [-0.39, 0.29) is 12.6 Å². The second-order valence-electron chi connectivity index (χ2n) is 4.43. The molecule has 0 heterocycles. The van der Waals surface area contributed by atoms with Gasteiger partial charge in [-0.1, -0.05) is 13.8 Å². The van der Waals surface area contributed by atoms with Crippen LogP contribution in [0.15, 0.2) is 24.3 Å². The summed E-state index contributed by atoms with van der Waals surface area (Å²) in [6.45, 7) is 6.40. The second kappa shape index (κ2) is 7.63. The summed E-state index contributed by atoms with van der Waals surface area (Å²) in [6, 6.07) is 6.49. The summed E-state index contributed by atoms with van der Waals surface area (Å²) in [5.74, 6) is 0.477. The Balaban J connectivity index is 2.51. The fourth-order valence-corrected chi connectivity index (χ4v) is 1.57. The predicted molar refractivity (Wildman–Crippen MR) is 72.8 cm³/mol. The molecule has 0 aliphatic heterocycles. The average molecular weight is 267 g/mol. The number of carboxylic acid groups (broad SMARTS) is 1. The van der Waals surface area contributed by atoms with Crippen LogP contribution in [0, 0.1) is 0 Å². The third kappa shape index (κ3) is 5.61. The van der Waals surface area contributed by atoms with Gasteiger partial charge in [0.05, 0.1) is 6.61 Å². The van der Waals surface area contributed by atoms with E-state index in [0.29, 0.717) is 12.4 Å². The van der Waals surface area contributed by atoms with Gasteiger partial charge in [0, 0.05) is 6.04 Å². The molecule has 0 amide bonds. The molecule has 0 aliphatic rings. The molecule has 5 heteroatoms. The zero-order valence-corrected chi connectivity index (χ0v) is 11.6. The largest absolute Gasteiger partial charge is 0.494 e. The summed E-state index contributed by atoms with van der Waals surface area (Å²) in [4.78, 5) is 11.0. The number of ether oxygens (including phenoxy) is 2. The highest BCUT2D eigenvalue weighted by molar-refractivity contribution is 5.73. The molecular formula is C14H21NO4. The minimum atomic E-state index is -0.917. The van der Waals surface area contributed by atoms with Crippen LogP contribution in [-0.2, 0) is 4.79 Å². The zero-order chi connectivity index (χ0) is 14.3. The Morgan fingerprint density at radius 3 is 2.16 bits per heavy atom. The normalized spacial score (nSPS) is 12.2. The molecule has 1 rings (SSSR count). The molecule has 0 aliphatic carbocycles. The second-order valence-corrected chi connectivity index (χ2v) is 4.43. The summed E-state index contributed by atoms with van der Waals surface area (Å²) >= 11 is 0. The molecule has 0 fully saturated rings. The number of carboxylic acids is 1. The summed E-state index contributed by atoms with van der Waals surface area (Å²) in [6.07, 6.45) is 0. The van der Waals surface area contributed by atoms with Gasteiger partial charge < -0.3 is 14.6 Å². The summed E-state index contributed by atoms with van der Waals surface area (Å²) in [7, 11) is 0. The van der Waals surface area contributed by atoms with E-state index in [1.54, 1.807) is 24.3 Å². The van der Waals surface area contributed by atoms with Gasteiger partial charge in [0.1, 0.15) is 24.1 Å². The first-order valence-electron chi connectivity index (χ1n) is 6.37. The Morgan fingerprint density at radius 1 is 1.21 bits per heavy atom. The van der Waals surface area contributed by atoms with Crippen LogP contribution in [0.3, 0.4) is 0 Å². The lowest BCUT2D eigenvalue weighted by molar-refractivity contribution is -0.140. The Bertz CT molecular complexity index is 389. The number of benzene rings is 1. The molecule has 2 N–H and O–H groups in total. The van der Waals surface area contributed by atoms with Crippen molar-refractivity contribution >= 4 is 5.97 Å². The minimum Gasteiger partial charge on any atom is -0.494 e. The molecule has 1 aromatic carbocycles. The summed E-state index contributed by atoms with van der Waals surface area (Å²) < 4.78 is 10.8. The van der Waals surface area contributed by atoms with Crippen LogP contribution in [0.25, 0.3) is 0 Å². The van der Waals surface area contributed by atoms with E-state index < -0.39 is 12.0 Å². The molecule has 1 aromatic rings. The molecule has 0 saturated heterocycles. The lowest BCUT2D eigenvalue weighted by Gasteiger charge is -2.17. The summed E-state index contributed by atoms with van der Waals surface area (Å²) in [5.41, 5.74) is 0. The lowest BCUT2D eigenvalue weighted by atomic mass is 10.2. The van der Waals surface area contributed by atoms with Crippen molar-refractivity contribution in [1.82, 2.24) is 5.32 Å². The van der Waals surface area contributed by atoms with Gasteiger partial charge in [-0.05, 0) is 31.2 Å².